The second-order valence-electron chi connectivity index (χ2n) is 4.58. The molecular weight excluding hydrogens is 399 g/mol. The van der Waals surface area contributed by atoms with Gasteiger partial charge in [-0.2, -0.15) is 0 Å². The van der Waals surface area contributed by atoms with Gasteiger partial charge < -0.3 is 10.2 Å². The maximum absolute atomic E-state index is 12.2. The van der Waals surface area contributed by atoms with Gasteiger partial charge in [-0.15, -0.1) is 11.3 Å². The lowest BCUT2D eigenvalue weighted by Crippen LogP contribution is -2.25. The SMILES string of the molecule is CNC(=O)c1ccc(CN(C)C(=O)c2csc(I)c2)cc1. The van der Waals surface area contributed by atoms with E-state index in [4.69, 9.17) is 0 Å². The van der Waals surface area contributed by atoms with Crippen LogP contribution < -0.4 is 5.32 Å². The van der Waals surface area contributed by atoms with Crippen molar-refractivity contribution in [1.29, 1.82) is 0 Å². The summed E-state index contributed by atoms with van der Waals surface area (Å²) in [6.07, 6.45) is 0. The number of carbonyl (C=O) groups is 2. The van der Waals surface area contributed by atoms with Crippen molar-refractivity contribution in [2.45, 2.75) is 6.54 Å². The zero-order valence-electron chi connectivity index (χ0n) is 11.7. The molecule has 0 saturated heterocycles. The lowest BCUT2D eigenvalue weighted by molar-refractivity contribution is 0.0785. The quantitative estimate of drug-likeness (QED) is 0.783. The summed E-state index contributed by atoms with van der Waals surface area (Å²) >= 11 is 3.76. The average Bonchev–Trinajstić information content (AvgIpc) is 2.93. The zero-order chi connectivity index (χ0) is 15.4. The molecule has 0 atom stereocenters. The maximum Gasteiger partial charge on any atom is 0.254 e. The number of amides is 2. The molecule has 0 unspecified atom stereocenters. The highest BCUT2D eigenvalue weighted by Gasteiger charge is 2.13. The number of carbonyl (C=O) groups excluding carboxylic acids is 2. The fourth-order valence-corrected chi connectivity index (χ4v) is 3.21. The van der Waals surface area contributed by atoms with Gasteiger partial charge in [-0.25, -0.2) is 0 Å². The first-order valence-electron chi connectivity index (χ1n) is 6.32. The number of hydrogen-bond donors (Lipinski definition) is 1. The molecule has 0 spiro atoms. The number of benzene rings is 1. The molecule has 0 radical (unpaired) electrons. The van der Waals surface area contributed by atoms with E-state index in [0.717, 1.165) is 8.45 Å². The fraction of sp³-hybridized carbons (Fsp3) is 0.200. The van der Waals surface area contributed by atoms with Crippen LogP contribution in [0.2, 0.25) is 0 Å². The Kier molecular flexibility index (Phi) is 5.35. The van der Waals surface area contributed by atoms with Crippen LogP contribution in [0.5, 0.6) is 0 Å². The number of nitrogens with zero attached hydrogens (tertiary/aromatic N) is 1. The maximum atomic E-state index is 12.2. The second-order valence-corrected chi connectivity index (χ2v) is 7.38. The zero-order valence-corrected chi connectivity index (χ0v) is 14.7. The summed E-state index contributed by atoms with van der Waals surface area (Å²) < 4.78 is 1.10. The molecule has 1 aromatic carbocycles. The fourth-order valence-electron chi connectivity index (χ4n) is 1.89. The van der Waals surface area contributed by atoms with Crippen molar-refractivity contribution in [1.82, 2.24) is 10.2 Å². The summed E-state index contributed by atoms with van der Waals surface area (Å²) in [5.41, 5.74) is 2.32. The van der Waals surface area contributed by atoms with Crippen LogP contribution >= 0.6 is 33.9 Å². The molecule has 0 bridgehead atoms. The van der Waals surface area contributed by atoms with Gasteiger partial charge in [-0.1, -0.05) is 12.1 Å². The Hall–Kier alpha value is -1.41. The smallest absolute Gasteiger partial charge is 0.254 e. The van der Waals surface area contributed by atoms with E-state index in [1.165, 1.54) is 0 Å². The second kappa shape index (κ2) is 7.04. The minimum Gasteiger partial charge on any atom is -0.355 e. The molecule has 1 heterocycles. The molecule has 0 aliphatic heterocycles. The number of thiophene rings is 1. The van der Waals surface area contributed by atoms with Crippen LogP contribution in [0.3, 0.4) is 0 Å². The highest BCUT2D eigenvalue weighted by Crippen LogP contribution is 2.18. The van der Waals surface area contributed by atoms with E-state index in [0.29, 0.717) is 17.7 Å². The summed E-state index contributed by atoms with van der Waals surface area (Å²) in [6, 6.07) is 9.15. The molecule has 21 heavy (non-hydrogen) atoms. The van der Waals surface area contributed by atoms with E-state index in [1.54, 1.807) is 42.5 Å². The Bertz CT molecular complexity index is 652. The number of hydrogen-bond acceptors (Lipinski definition) is 3. The van der Waals surface area contributed by atoms with Gasteiger partial charge in [0.2, 0.25) is 0 Å². The van der Waals surface area contributed by atoms with Gasteiger partial charge in [-0.05, 0) is 46.4 Å². The number of halogens is 1. The largest absolute Gasteiger partial charge is 0.355 e. The van der Waals surface area contributed by atoms with Crippen LogP contribution in [0, 0.1) is 2.88 Å². The Morgan fingerprint density at radius 3 is 2.43 bits per heavy atom. The van der Waals surface area contributed by atoms with Crippen molar-refractivity contribution in [3.8, 4) is 0 Å². The van der Waals surface area contributed by atoms with Crippen LogP contribution in [-0.4, -0.2) is 30.8 Å². The Balaban J connectivity index is 2.04. The van der Waals surface area contributed by atoms with E-state index in [2.05, 4.69) is 27.9 Å². The normalized spacial score (nSPS) is 10.2. The van der Waals surface area contributed by atoms with Crippen molar-refractivity contribution >= 4 is 45.7 Å². The molecule has 1 aromatic heterocycles. The molecule has 0 fully saturated rings. The predicted molar refractivity (Wildman–Crippen MR) is 92.7 cm³/mol. The summed E-state index contributed by atoms with van der Waals surface area (Å²) in [5.74, 6) is -0.108. The third-order valence-electron chi connectivity index (χ3n) is 3.02. The van der Waals surface area contributed by atoms with Gasteiger partial charge in [0.05, 0.1) is 8.45 Å². The highest BCUT2D eigenvalue weighted by atomic mass is 127. The van der Waals surface area contributed by atoms with E-state index < -0.39 is 0 Å². The summed E-state index contributed by atoms with van der Waals surface area (Å²) in [4.78, 5) is 25.4. The van der Waals surface area contributed by atoms with E-state index in [-0.39, 0.29) is 11.8 Å². The first-order chi connectivity index (χ1) is 10.0. The standard InChI is InChI=1S/C15H15IN2O2S/c1-17-14(19)11-5-3-10(4-6-11)8-18(2)15(20)12-7-13(16)21-9-12/h3-7,9H,8H2,1-2H3,(H,17,19). The molecule has 6 heteroatoms. The molecular formula is C15H15IN2O2S. The molecule has 0 aliphatic rings. The highest BCUT2D eigenvalue weighted by molar-refractivity contribution is 14.1. The molecule has 4 nitrogen and oxygen atoms in total. The third kappa shape index (κ3) is 4.04. The molecule has 110 valence electrons. The van der Waals surface area contributed by atoms with Crippen molar-refractivity contribution in [2.75, 3.05) is 14.1 Å². The summed E-state index contributed by atoms with van der Waals surface area (Å²) in [6.45, 7) is 0.513. The van der Waals surface area contributed by atoms with E-state index in [9.17, 15) is 9.59 Å². The van der Waals surface area contributed by atoms with Gasteiger partial charge in [-0.3, -0.25) is 9.59 Å². The Morgan fingerprint density at radius 1 is 1.24 bits per heavy atom. The summed E-state index contributed by atoms with van der Waals surface area (Å²) in [7, 11) is 3.38. The number of nitrogens with one attached hydrogen (secondary N) is 1. The number of rotatable bonds is 4. The first-order valence-corrected chi connectivity index (χ1v) is 8.27. The van der Waals surface area contributed by atoms with Gasteiger partial charge >= 0.3 is 0 Å². The monoisotopic (exact) mass is 414 g/mol. The van der Waals surface area contributed by atoms with Crippen LogP contribution in [0.4, 0.5) is 0 Å². The van der Waals surface area contributed by atoms with Gasteiger partial charge in [0, 0.05) is 31.6 Å². The molecule has 2 aromatic rings. The van der Waals surface area contributed by atoms with Crippen molar-refractivity contribution in [3.63, 3.8) is 0 Å². The van der Waals surface area contributed by atoms with Gasteiger partial charge in [0.15, 0.2) is 0 Å². The first kappa shape index (κ1) is 16.0. The molecule has 0 aliphatic carbocycles. The van der Waals surface area contributed by atoms with Crippen LogP contribution in [0.25, 0.3) is 0 Å². The lowest BCUT2D eigenvalue weighted by Gasteiger charge is -2.16. The van der Waals surface area contributed by atoms with Crippen LogP contribution in [-0.2, 0) is 6.54 Å². The van der Waals surface area contributed by atoms with Crippen LogP contribution in [0.15, 0.2) is 35.7 Å². The molecule has 2 amide bonds. The molecule has 0 saturated carbocycles. The Morgan fingerprint density at radius 2 is 1.90 bits per heavy atom. The minimum atomic E-state index is -0.112. The topological polar surface area (TPSA) is 49.4 Å². The van der Waals surface area contributed by atoms with Crippen LogP contribution in [0.1, 0.15) is 26.3 Å². The van der Waals surface area contributed by atoms with E-state index in [1.807, 2.05) is 23.6 Å². The van der Waals surface area contributed by atoms with E-state index >= 15 is 0 Å². The third-order valence-corrected chi connectivity index (χ3v) is 4.81. The van der Waals surface area contributed by atoms with Crippen molar-refractivity contribution in [2.24, 2.45) is 0 Å². The van der Waals surface area contributed by atoms with Crippen molar-refractivity contribution < 1.29 is 9.59 Å². The lowest BCUT2D eigenvalue weighted by atomic mass is 10.1. The van der Waals surface area contributed by atoms with Gasteiger partial charge in [0.25, 0.3) is 11.8 Å². The predicted octanol–water partition coefficient (Wildman–Crippen LogP) is 2.98. The van der Waals surface area contributed by atoms with Crippen molar-refractivity contribution in [3.05, 3.63) is 55.3 Å². The average molecular weight is 414 g/mol. The minimum absolute atomic E-state index is 0.00421. The summed E-state index contributed by atoms with van der Waals surface area (Å²) in [5, 5.41) is 4.45. The Labute approximate surface area is 141 Å². The van der Waals surface area contributed by atoms with Gasteiger partial charge in [0.1, 0.15) is 0 Å². The molecule has 2 rings (SSSR count). The molecule has 1 N–H and O–H groups in total.